The molecule has 0 fully saturated rings. The predicted molar refractivity (Wildman–Crippen MR) is 103 cm³/mol. The summed E-state index contributed by atoms with van der Waals surface area (Å²) in [4.78, 5) is 20.4. The first kappa shape index (κ1) is 20.3. The molecule has 0 saturated carbocycles. The van der Waals surface area contributed by atoms with Crippen molar-refractivity contribution in [3.8, 4) is 17.2 Å². The summed E-state index contributed by atoms with van der Waals surface area (Å²) < 4.78 is 16.0. The number of methoxy groups -OCH3 is 3. The molecular weight excluding hydrogens is 348 g/mol. The van der Waals surface area contributed by atoms with Crippen molar-refractivity contribution in [2.75, 3.05) is 33.2 Å². The lowest BCUT2D eigenvalue weighted by Crippen LogP contribution is -2.25. The number of unbranched alkanes of at least 4 members (excludes halogenated alkanes) is 2. The molecule has 0 aliphatic rings. The van der Waals surface area contributed by atoms with Crippen LogP contribution in [-0.4, -0.2) is 43.7 Å². The normalized spacial score (nSPS) is 10.2. The Balaban J connectivity index is 2.07. The Bertz CT molecular complexity index is 725. The fraction of sp³-hybridized carbons (Fsp3) is 0.421. The van der Waals surface area contributed by atoms with Crippen LogP contribution in [0.25, 0.3) is 0 Å². The summed E-state index contributed by atoms with van der Waals surface area (Å²) in [5.74, 6) is 1.82. The Morgan fingerprint density at radius 3 is 2.22 bits per heavy atom. The first-order valence-corrected chi connectivity index (χ1v) is 8.80. The van der Waals surface area contributed by atoms with E-state index in [1.807, 2.05) is 0 Å². The van der Waals surface area contributed by atoms with Crippen LogP contribution in [0.1, 0.15) is 36.7 Å². The molecule has 1 amide bonds. The van der Waals surface area contributed by atoms with Crippen LogP contribution in [0.2, 0.25) is 0 Å². The van der Waals surface area contributed by atoms with Crippen molar-refractivity contribution in [1.29, 1.82) is 0 Å². The van der Waals surface area contributed by atoms with Crippen LogP contribution < -0.4 is 24.8 Å². The molecule has 0 atom stereocenters. The number of rotatable bonds is 10. The van der Waals surface area contributed by atoms with Crippen LogP contribution >= 0.6 is 0 Å². The number of hydrogen-bond acceptors (Lipinski definition) is 7. The van der Waals surface area contributed by atoms with Gasteiger partial charge in [-0.3, -0.25) is 4.79 Å². The maximum atomic E-state index is 12.0. The predicted octanol–water partition coefficient (Wildman–Crippen LogP) is 3.17. The maximum Gasteiger partial charge on any atom is 0.271 e. The van der Waals surface area contributed by atoms with Gasteiger partial charge in [-0.05, 0) is 6.42 Å². The van der Waals surface area contributed by atoms with Gasteiger partial charge in [0.2, 0.25) is 5.75 Å². The van der Waals surface area contributed by atoms with Gasteiger partial charge in [-0.2, -0.15) is 0 Å². The van der Waals surface area contributed by atoms with Gasteiger partial charge in [-0.25, -0.2) is 9.97 Å². The number of benzene rings is 1. The molecule has 1 aromatic carbocycles. The van der Waals surface area contributed by atoms with Gasteiger partial charge in [0.05, 0.1) is 33.7 Å². The summed E-state index contributed by atoms with van der Waals surface area (Å²) in [7, 11) is 4.65. The smallest absolute Gasteiger partial charge is 0.271 e. The Hall–Kier alpha value is -3.03. The zero-order valence-corrected chi connectivity index (χ0v) is 16.2. The van der Waals surface area contributed by atoms with Gasteiger partial charge in [0.1, 0.15) is 11.5 Å². The number of anilines is 2. The Morgan fingerprint density at radius 2 is 1.70 bits per heavy atom. The molecule has 2 rings (SSSR count). The Labute approximate surface area is 159 Å². The minimum Gasteiger partial charge on any atom is -0.493 e. The number of nitrogens with zero attached hydrogens (tertiary/aromatic N) is 2. The lowest BCUT2D eigenvalue weighted by Gasteiger charge is -2.14. The van der Waals surface area contributed by atoms with Crippen molar-refractivity contribution in [2.24, 2.45) is 0 Å². The molecule has 2 N–H and O–H groups in total. The van der Waals surface area contributed by atoms with Crippen molar-refractivity contribution in [3.05, 3.63) is 30.2 Å². The molecule has 1 heterocycles. The minimum atomic E-state index is -0.224. The highest BCUT2D eigenvalue weighted by Gasteiger charge is 2.14. The lowest BCUT2D eigenvalue weighted by atomic mass is 10.2. The summed E-state index contributed by atoms with van der Waals surface area (Å²) in [6.07, 6.45) is 6.09. The third kappa shape index (κ3) is 5.47. The highest BCUT2D eigenvalue weighted by Crippen LogP contribution is 2.40. The molecule has 0 aliphatic heterocycles. The topological polar surface area (TPSA) is 94.6 Å². The SMILES string of the molecule is CCCCCNC(=O)c1cnc(Nc2cc(OC)c(OC)c(OC)c2)cn1. The minimum absolute atomic E-state index is 0.224. The Kier molecular flexibility index (Phi) is 7.66. The zero-order valence-electron chi connectivity index (χ0n) is 16.2. The van der Waals surface area contributed by atoms with Crippen molar-refractivity contribution in [3.63, 3.8) is 0 Å². The second kappa shape index (κ2) is 10.2. The van der Waals surface area contributed by atoms with Crippen molar-refractivity contribution in [1.82, 2.24) is 15.3 Å². The molecule has 0 radical (unpaired) electrons. The van der Waals surface area contributed by atoms with Crippen LogP contribution in [0.4, 0.5) is 11.5 Å². The molecule has 0 unspecified atom stereocenters. The van der Waals surface area contributed by atoms with E-state index in [0.29, 0.717) is 35.3 Å². The summed E-state index contributed by atoms with van der Waals surface area (Å²) >= 11 is 0. The fourth-order valence-corrected chi connectivity index (χ4v) is 2.48. The summed E-state index contributed by atoms with van der Waals surface area (Å²) in [5.41, 5.74) is 0.970. The second-order valence-corrected chi connectivity index (χ2v) is 5.79. The first-order valence-electron chi connectivity index (χ1n) is 8.80. The van der Waals surface area contributed by atoms with Gasteiger partial charge in [0.25, 0.3) is 5.91 Å². The van der Waals surface area contributed by atoms with Crippen molar-refractivity contribution in [2.45, 2.75) is 26.2 Å². The largest absolute Gasteiger partial charge is 0.493 e. The third-order valence-corrected chi connectivity index (χ3v) is 3.89. The molecule has 2 aromatic rings. The van der Waals surface area contributed by atoms with E-state index >= 15 is 0 Å². The number of nitrogens with one attached hydrogen (secondary N) is 2. The van der Waals surface area contributed by atoms with E-state index in [1.165, 1.54) is 12.4 Å². The van der Waals surface area contributed by atoms with E-state index in [1.54, 1.807) is 33.5 Å². The van der Waals surface area contributed by atoms with E-state index < -0.39 is 0 Å². The quantitative estimate of drug-likeness (QED) is 0.617. The van der Waals surface area contributed by atoms with Gasteiger partial charge in [0.15, 0.2) is 11.5 Å². The molecule has 8 heteroatoms. The Morgan fingerprint density at radius 1 is 1.00 bits per heavy atom. The average Bonchev–Trinajstić information content (AvgIpc) is 2.70. The van der Waals surface area contributed by atoms with Gasteiger partial charge in [-0.1, -0.05) is 19.8 Å². The molecular formula is C19H26N4O4. The third-order valence-electron chi connectivity index (χ3n) is 3.89. The molecule has 0 saturated heterocycles. The summed E-state index contributed by atoms with van der Waals surface area (Å²) in [5, 5.41) is 5.95. The molecule has 0 spiro atoms. The number of carbonyl (C=O) groups is 1. The molecule has 0 bridgehead atoms. The van der Waals surface area contributed by atoms with Crippen molar-refractivity contribution < 1.29 is 19.0 Å². The fourth-order valence-electron chi connectivity index (χ4n) is 2.48. The molecule has 0 aliphatic carbocycles. The number of amides is 1. The van der Waals surface area contributed by atoms with E-state index in [-0.39, 0.29) is 11.6 Å². The number of ether oxygens (including phenoxy) is 3. The van der Waals surface area contributed by atoms with E-state index in [9.17, 15) is 4.79 Å². The number of aromatic nitrogens is 2. The summed E-state index contributed by atoms with van der Waals surface area (Å²) in [6.45, 7) is 2.76. The van der Waals surface area contributed by atoms with Gasteiger partial charge in [-0.15, -0.1) is 0 Å². The van der Waals surface area contributed by atoms with Crippen molar-refractivity contribution >= 4 is 17.4 Å². The first-order chi connectivity index (χ1) is 13.1. The highest BCUT2D eigenvalue weighted by molar-refractivity contribution is 5.92. The van der Waals surface area contributed by atoms with Gasteiger partial charge in [0, 0.05) is 24.4 Å². The maximum absolute atomic E-state index is 12.0. The van der Waals surface area contributed by atoms with E-state index in [2.05, 4.69) is 27.5 Å². The van der Waals surface area contributed by atoms with Crippen LogP contribution in [0, 0.1) is 0 Å². The lowest BCUT2D eigenvalue weighted by molar-refractivity contribution is 0.0947. The second-order valence-electron chi connectivity index (χ2n) is 5.79. The van der Waals surface area contributed by atoms with Gasteiger partial charge >= 0.3 is 0 Å². The van der Waals surface area contributed by atoms with E-state index in [0.717, 1.165) is 19.3 Å². The monoisotopic (exact) mass is 374 g/mol. The molecule has 8 nitrogen and oxygen atoms in total. The molecule has 146 valence electrons. The standard InChI is InChI=1S/C19H26N4O4/c1-5-6-7-8-20-19(24)14-11-22-17(12-21-14)23-13-9-15(25-2)18(27-4)16(10-13)26-3/h9-12H,5-8H2,1-4H3,(H,20,24)(H,22,23). The number of hydrogen-bond donors (Lipinski definition) is 2. The molecule has 1 aromatic heterocycles. The summed E-state index contributed by atoms with van der Waals surface area (Å²) in [6, 6.07) is 3.52. The van der Waals surface area contributed by atoms with Crippen LogP contribution in [-0.2, 0) is 0 Å². The van der Waals surface area contributed by atoms with Crippen LogP contribution in [0.5, 0.6) is 17.2 Å². The number of carbonyl (C=O) groups excluding carboxylic acids is 1. The van der Waals surface area contributed by atoms with Crippen LogP contribution in [0.15, 0.2) is 24.5 Å². The molecule has 27 heavy (non-hydrogen) atoms. The average molecular weight is 374 g/mol. The highest BCUT2D eigenvalue weighted by atomic mass is 16.5. The van der Waals surface area contributed by atoms with Gasteiger partial charge < -0.3 is 24.8 Å². The van der Waals surface area contributed by atoms with Crippen LogP contribution in [0.3, 0.4) is 0 Å². The van der Waals surface area contributed by atoms with E-state index in [4.69, 9.17) is 14.2 Å². The zero-order chi connectivity index (χ0) is 19.6.